The highest BCUT2D eigenvalue weighted by Crippen LogP contribution is 2.42. The molecule has 0 aliphatic carbocycles. The molecule has 4 aromatic rings. The SMILES string of the molecule is CCCCN(CC(=O)N1c2ccccc2-n2cccc2C1c1ccc(C)cc1)C(=O)Nc1ccc(F)c(F)c1. The van der Waals surface area contributed by atoms with Crippen LogP contribution in [-0.2, 0) is 4.79 Å². The van der Waals surface area contributed by atoms with Crippen molar-refractivity contribution < 1.29 is 18.4 Å². The average Bonchev–Trinajstić information content (AvgIpc) is 3.43. The van der Waals surface area contributed by atoms with Gasteiger partial charge in [0.25, 0.3) is 0 Å². The second kappa shape index (κ2) is 11.1. The van der Waals surface area contributed by atoms with Crippen LogP contribution in [0, 0.1) is 18.6 Å². The summed E-state index contributed by atoms with van der Waals surface area (Å²) in [5, 5.41) is 2.61. The lowest BCUT2D eigenvalue weighted by molar-refractivity contribution is -0.119. The Morgan fingerprint density at radius 2 is 1.67 bits per heavy atom. The van der Waals surface area contributed by atoms with Crippen molar-refractivity contribution in [2.75, 3.05) is 23.3 Å². The van der Waals surface area contributed by atoms with Gasteiger partial charge in [0.2, 0.25) is 5.91 Å². The monoisotopic (exact) mass is 528 g/mol. The molecule has 5 rings (SSSR count). The number of carbonyl (C=O) groups excluding carboxylic acids is 2. The normalized spacial score (nSPS) is 13.9. The van der Waals surface area contributed by atoms with Crippen molar-refractivity contribution in [1.82, 2.24) is 9.47 Å². The number of unbranched alkanes of at least 4 members (excludes halogenated alkanes) is 1. The molecule has 0 saturated carbocycles. The summed E-state index contributed by atoms with van der Waals surface area (Å²) in [6.45, 7) is 4.16. The summed E-state index contributed by atoms with van der Waals surface area (Å²) in [6.07, 6.45) is 3.48. The van der Waals surface area contributed by atoms with Crippen LogP contribution in [0.3, 0.4) is 0 Å². The number of nitrogens with zero attached hydrogens (tertiary/aromatic N) is 3. The van der Waals surface area contributed by atoms with Crippen LogP contribution < -0.4 is 10.2 Å². The smallest absolute Gasteiger partial charge is 0.316 e. The van der Waals surface area contributed by atoms with Gasteiger partial charge >= 0.3 is 6.03 Å². The lowest BCUT2D eigenvalue weighted by atomic mass is 9.97. The third-order valence-corrected chi connectivity index (χ3v) is 6.95. The number of para-hydroxylation sites is 2. The van der Waals surface area contributed by atoms with E-state index in [9.17, 15) is 18.4 Å². The third kappa shape index (κ3) is 5.27. The number of halogens is 2. The number of amides is 3. The van der Waals surface area contributed by atoms with Crippen molar-refractivity contribution in [3.63, 3.8) is 0 Å². The topological polar surface area (TPSA) is 57.6 Å². The fourth-order valence-corrected chi connectivity index (χ4v) is 4.94. The summed E-state index contributed by atoms with van der Waals surface area (Å²) < 4.78 is 29.2. The Bertz CT molecular complexity index is 1500. The van der Waals surface area contributed by atoms with Crippen LogP contribution >= 0.6 is 0 Å². The number of aryl methyl sites for hydroxylation is 1. The third-order valence-electron chi connectivity index (χ3n) is 6.95. The summed E-state index contributed by atoms with van der Waals surface area (Å²) in [5.74, 6) is -2.31. The predicted octanol–water partition coefficient (Wildman–Crippen LogP) is 6.83. The first-order valence-corrected chi connectivity index (χ1v) is 13.0. The number of anilines is 2. The molecule has 1 N–H and O–H groups in total. The van der Waals surface area contributed by atoms with Crippen molar-refractivity contribution in [1.29, 1.82) is 0 Å². The van der Waals surface area contributed by atoms with E-state index in [4.69, 9.17) is 0 Å². The number of benzene rings is 3. The zero-order valence-electron chi connectivity index (χ0n) is 21.9. The zero-order chi connectivity index (χ0) is 27.5. The summed E-state index contributed by atoms with van der Waals surface area (Å²) >= 11 is 0. The maximum atomic E-state index is 14.2. The van der Waals surface area contributed by atoms with E-state index >= 15 is 0 Å². The quantitative estimate of drug-likeness (QED) is 0.286. The van der Waals surface area contributed by atoms with Crippen LogP contribution in [0.5, 0.6) is 0 Å². The summed E-state index contributed by atoms with van der Waals surface area (Å²) in [7, 11) is 0. The van der Waals surface area contributed by atoms with Gasteiger partial charge in [-0.25, -0.2) is 13.6 Å². The number of aromatic nitrogens is 1. The van der Waals surface area contributed by atoms with Gasteiger partial charge in [-0.05, 0) is 55.3 Å². The van der Waals surface area contributed by atoms with E-state index in [0.717, 1.165) is 46.7 Å². The molecule has 1 unspecified atom stereocenters. The molecule has 3 amide bonds. The molecule has 1 aliphatic rings. The molecule has 200 valence electrons. The van der Waals surface area contributed by atoms with Gasteiger partial charge in [-0.15, -0.1) is 0 Å². The molecule has 0 saturated heterocycles. The largest absolute Gasteiger partial charge is 0.322 e. The molecule has 2 heterocycles. The van der Waals surface area contributed by atoms with Crippen LogP contribution in [0.1, 0.15) is 42.6 Å². The second-order valence-corrected chi connectivity index (χ2v) is 9.70. The molecule has 1 atom stereocenters. The first-order valence-electron chi connectivity index (χ1n) is 13.0. The predicted molar refractivity (Wildman–Crippen MR) is 148 cm³/mol. The fraction of sp³-hybridized carbons (Fsp3) is 0.226. The van der Waals surface area contributed by atoms with E-state index in [1.165, 1.54) is 11.0 Å². The molecule has 39 heavy (non-hydrogen) atoms. The molecule has 8 heteroatoms. The molecule has 6 nitrogen and oxygen atoms in total. The maximum absolute atomic E-state index is 14.2. The molecule has 0 fully saturated rings. The average molecular weight is 529 g/mol. The van der Waals surface area contributed by atoms with Gasteiger partial charge in [-0.1, -0.05) is 55.3 Å². The number of rotatable bonds is 7. The Morgan fingerprint density at radius 3 is 2.38 bits per heavy atom. The zero-order valence-corrected chi connectivity index (χ0v) is 21.9. The second-order valence-electron chi connectivity index (χ2n) is 9.70. The lowest BCUT2D eigenvalue weighted by Crippen LogP contribution is -2.48. The van der Waals surface area contributed by atoms with E-state index in [-0.39, 0.29) is 18.1 Å². The number of nitrogens with one attached hydrogen (secondary N) is 1. The molecule has 3 aromatic carbocycles. The number of hydrogen-bond acceptors (Lipinski definition) is 2. The summed E-state index contributed by atoms with van der Waals surface area (Å²) in [5.41, 5.74) is 4.75. The van der Waals surface area contributed by atoms with E-state index < -0.39 is 23.7 Å². The molecule has 0 spiro atoms. The van der Waals surface area contributed by atoms with E-state index in [0.29, 0.717) is 13.0 Å². The highest BCUT2D eigenvalue weighted by Gasteiger charge is 2.37. The Kier molecular flexibility index (Phi) is 7.45. The van der Waals surface area contributed by atoms with Gasteiger partial charge < -0.3 is 14.8 Å². The minimum absolute atomic E-state index is 0.117. The number of fused-ring (bicyclic) bond motifs is 3. The molecule has 0 bridgehead atoms. The Labute approximate surface area is 226 Å². The Morgan fingerprint density at radius 1 is 0.923 bits per heavy atom. The summed E-state index contributed by atoms with van der Waals surface area (Å²) in [6, 6.07) is 22.0. The first kappa shape index (κ1) is 26.2. The Hall–Kier alpha value is -4.46. The molecular weight excluding hydrogens is 498 g/mol. The van der Waals surface area contributed by atoms with Gasteiger partial charge in [0.15, 0.2) is 11.6 Å². The minimum atomic E-state index is -1.06. The van der Waals surface area contributed by atoms with Crippen LogP contribution in [0.2, 0.25) is 0 Å². The van der Waals surface area contributed by atoms with Crippen LogP contribution in [0.4, 0.5) is 25.0 Å². The number of urea groups is 1. The van der Waals surface area contributed by atoms with Crippen molar-refractivity contribution in [3.05, 3.63) is 114 Å². The highest BCUT2D eigenvalue weighted by molar-refractivity contribution is 6.01. The van der Waals surface area contributed by atoms with Crippen LogP contribution in [0.15, 0.2) is 85.1 Å². The molecule has 1 aliphatic heterocycles. The van der Waals surface area contributed by atoms with Crippen LogP contribution in [0.25, 0.3) is 5.69 Å². The standard InChI is InChI=1S/C31H30F2N4O2/c1-3-4-17-35(31(39)34-23-15-16-24(32)25(33)19-23)20-29(38)37-27-9-6-5-8-26(27)36-18-7-10-28(36)30(37)22-13-11-21(2)12-14-22/h5-16,18-19,30H,3-4,17,20H2,1-2H3,(H,34,39). The molecule has 0 radical (unpaired) electrons. The number of hydrogen-bond donors (Lipinski definition) is 1. The maximum Gasteiger partial charge on any atom is 0.322 e. The van der Waals surface area contributed by atoms with Crippen LogP contribution in [-0.4, -0.2) is 34.5 Å². The number of carbonyl (C=O) groups is 2. The van der Waals surface area contributed by atoms with Crippen molar-refractivity contribution in [3.8, 4) is 5.69 Å². The van der Waals surface area contributed by atoms with E-state index in [1.807, 2.05) is 80.7 Å². The van der Waals surface area contributed by atoms with Gasteiger partial charge in [0.1, 0.15) is 12.6 Å². The Balaban J connectivity index is 1.49. The molecule has 1 aromatic heterocycles. The molecular formula is C31H30F2N4O2. The lowest BCUT2D eigenvalue weighted by Gasteiger charge is -2.39. The van der Waals surface area contributed by atoms with Crippen molar-refractivity contribution in [2.45, 2.75) is 32.7 Å². The highest BCUT2D eigenvalue weighted by atomic mass is 19.2. The first-order chi connectivity index (χ1) is 18.9. The van der Waals surface area contributed by atoms with Crippen molar-refractivity contribution in [2.24, 2.45) is 0 Å². The van der Waals surface area contributed by atoms with E-state index in [2.05, 4.69) is 9.88 Å². The fourth-order valence-electron chi connectivity index (χ4n) is 4.94. The summed E-state index contributed by atoms with van der Waals surface area (Å²) in [4.78, 5) is 30.6. The van der Waals surface area contributed by atoms with Crippen molar-refractivity contribution >= 4 is 23.3 Å². The van der Waals surface area contributed by atoms with Gasteiger partial charge in [0, 0.05) is 24.5 Å². The van der Waals surface area contributed by atoms with E-state index in [1.54, 1.807) is 4.90 Å². The van der Waals surface area contributed by atoms with Gasteiger partial charge in [0.05, 0.1) is 17.1 Å². The van der Waals surface area contributed by atoms with Gasteiger partial charge in [-0.3, -0.25) is 9.69 Å². The minimum Gasteiger partial charge on any atom is -0.316 e. The van der Waals surface area contributed by atoms with Gasteiger partial charge in [-0.2, -0.15) is 0 Å².